The van der Waals surface area contributed by atoms with Gasteiger partial charge in [-0.2, -0.15) is 0 Å². The van der Waals surface area contributed by atoms with Crippen molar-refractivity contribution in [2.24, 2.45) is 0 Å². The van der Waals surface area contributed by atoms with E-state index in [0.717, 1.165) is 5.56 Å². The van der Waals surface area contributed by atoms with Gasteiger partial charge in [0.1, 0.15) is 11.9 Å². The second-order valence-electron chi connectivity index (χ2n) is 2.77. The molecule has 68 valence electrons. The standard InChI is InChI=1S/C8H9N3OS/c12-6-3-1-5(2-4-6)7-9-8(13)11-10-7/h1-4,7,10,12H,(H2,9,11,13). The Balaban J connectivity index is 2.17. The van der Waals surface area contributed by atoms with Gasteiger partial charge in [-0.25, -0.2) is 5.43 Å². The van der Waals surface area contributed by atoms with Crippen molar-refractivity contribution >= 4 is 17.3 Å². The van der Waals surface area contributed by atoms with Crippen LogP contribution in [0.4, 0.5) is 0 Å². The van der Waals surface area contributed by atoms with Gasteiger partial charge in [0.05, 0.1) is 0 Å². The molecule has 1 fully saturated rings. The Morgan fingerprint density at radius 1 is 1.23 bits per heavy atom. The summed E-state index contributed by atoms with van der Waals surface area (Å²) in [6.45, 7) is 0. The van der Waals surface area contributed by atoms with Crippen LogP contribution in [0.25, 0.3) is 0 Å². The van der Waals surface area contributed by atoms with Crippen molar-refractivity contribution in [3.05, 3.63) is 29.8 Å². The minimum atomic E-state index is -0.0203. The minimum absolute atomic E-state index is 0.0203. The molecule has 0 aliphatic carbocycles. The number of hydrogen-bond acceptors (Lipinski definition) is 3. The zero-order chi connectivity index (χ0) is 9.26. The van der Waals surface area contributed by atoms with Crippen LogP contribution in [0.2, 0.25) is 0 Å². The second kappa shape index (κ2) is 3.20. The van der Waals surface area contributed by atoms with Gasteiger partial charge in [0.15, 0.2) is 5.11 Å². The fraction of sp³-hybridized carbons (Fsp3) is 0.125. The number of nitrogens with one attached hydrogen (secondary N) is 3. The normalized spacial score (nSPS) is 20.9. The Hall–Kier alpha value is -1.33. The number of phenolic OH excluding ortho intramolecular Hbond substituents is 1. The van der Waals surface area contributed by atoms with Crippen LogP contribution >= 0.6 is 12.2 Å². The number of rotatable bonds is 1. The van der Waals surface area contributed by atoms with Gasteiger partial charge in [-0.05, 0) is 29.9 Å². The monoisotopic (exact) mass is 195 g/mol. The van der Waals surface area contributed by atoms with E-state index in [1.807, 2.05) is 12.1 Å². The van der Waals surface area contributed by atoms with E-state index in [9.17, 15) is 0 Å². The predicted octanol–water partition coefficient (Wildman–Crippen LogP) is 0.373. The first-order valence-corrected chi connectivity index (χ1v) is 4.27. The lowest BCUT2D eigenvalue weighted by Gasteiger charge is -2.09. The Bertz CT molecular complexity index is 325. The van der Waals surface area contributed by atoms with Crippen molar-refractivity contribution < 1.29 is 5.11 Å². The molecule has 13 heavy (non-hydrogen) atoms. The lowest BCUT2D eigenvalue weighted by Crippen LogP contribution is -2.26. The molecule has 0 spiro atoms. The van der Waals surface area contributed by atoms with E-state index in [2.05, 4.69) is 16.2 Å². The lowest BCUT2D eigenvalue weighted by atomic mass is 10.2. The van der Waals surface area contributed by atoms with Crippen molar-refractivity contribution in [2.75, 3.05) is 0 Å². The van der Waals surface area contributed by atoms with E-state index in [1.165, 1.54) is 0 Å². The number of phenols is 1. The van der Waals surface area contributed by atoms with E-state index in [-0.39, 0.29) is 11.9 Å². The van der Waals surface area contributed by atoms with E-state index >= 15 is 0 Å². The molecule has 1 heterocycles. The van der Waals surface area contributed by atoms with Crippen molar-refractivity contribution in [3.8, 4) is 5.75 Å². The Morgan fingerprint density at radius 2 is 1.92 bits per heavy atom. The first kappa shape index (κ1) is 8.28. The molecule has 1 aromatic rings. The molecule has 5 heteroatoms. The Kier molecular flexibility index (Phi) is 2.03. The Labute approximate surface area is 80.9 Å². The van der Waals surface area contributed by atoms with Crippen LogP contribution < -0.4 is 16.2 Å². The van der Waals surface area contributed by atoms with Gasteiger partial charge in [0.25, 0.3) is 0 Å². The first-order chi connectivity index (χ1) is 6.25. The van der Waals surface area contributed by atoms with E-state index in [0.29, 0.717) is 5.11 Å². The number of thiocarbonyl (C=S) groups is 1. The molecule has 0 radical (unpaired) electrons. The molecule has 1 atom stereocenters. The molecule has 1 unspecified atom stereocenters. The number of aromatic hydroxyl groups is 1. The molecule has 1 aliphatic rings. The summed E-state index contributed by atoms with van der Waals surface area (Å²) in [6.07, 6.45) is -0.0203. The van der Waals surface area contributed by atoms with Crippen LogP contribution in [0.5, 0.6) is 5.75 Å². The molecule has 1 aliphatic heterocycles. The largest absolute Gasteiger partial charge is 0.508 e. The summed E-state index contributed by atoms with van der Waals surface area (Å²) in [5, 5.41) is 12.7. The highest BCUT2D eigenvalue weighted by atomic mass is 32.1. The summed E-state index contributed by atoms with van der Waals surface area (Å²) in [5.41, 5.74) is 6.77. The molecule has 1 saturated heterocycles. The van der Waals surface area contributed by atoms with Crippen LogP contribution in [-0.4, -0.2) is 10.2 Å². The van der Waals surface area contributed by atoms with Crippen LogP contribution in [0.15, 0.2) is 24.3 Å². The molecule has 0 bridgehead atoms. The zero-order valence-electron chi connectivity index (χ0n) is 6.74. The smallest absolute Gasteiger partial charge is 0.182 e. The summed E-state index contributed by atoms with van der Waals surface area (Å²) >= 11 is 4.89. The highest BCUT2D eigenvalue weighted by molar-refractivity contribution is 7.80. The molecule has 0 aromatic heterocycles. The van der Waals surface area contributed by atoms with Crippen LogP contribution in [0, 0.1) is 0 Å². The van der Waals surface area contributed by atoms with Crippen molar-refractivity contribution in [3.63, 3.8) is 0 Å². The van der Waals surface area contributed by atoms with E-state index < -0.39 is 0 Å². The average molecular weight is 195 g/mol. The summed E-state index contributed by atoms with van der Waals surface area (Å²) in [7, 11) is 0. The predicted molar refractivity (Wildman–Crippen MR) is 52.9 cm³/mol. The molecule has 2 rings (SSSR count). The third-order valence-electron chi connectivity index (χ3n) is 1.83. The zero-order valence-corrected chi connectivity index (χ0v) is 7.56. The van der Waals surface area contributed by atoms with Crippen molar-refractivity contribution in [2.45, 2.75) is 6.17 Å². The second-order valence-corrected chi connectivity index (χ2v) is 3.18. The van der Waals surface area contributed by atoms with Gasteiger partial charge in [-0.3, -0.25) is 5.43 Å². The van der Waals surface area contributed by atoms with E-state index in [1.54, 1.807) is 12.1 Å². The third-order valence-corrected chi connectivity index (χ3v) is 2.05. The maximum absolute atomic E-state index is 9.07. The van der Waals surface area contributed by atoms with Gasteiger partial charge in [0, 0.05) is 0 Å². The first-order valence-electron chi connectivity index (χ1n) is 3.87. The maximum Gasteiger partial charge on any atom is 0.182 e. The molecular weight excluding hydrogens is 186 g/mol. The van der Waals surface area contributed by atoms with Gasteiger partial charge in [-0.1, -0.05) is 12.1 Å². The van der Waals surface area contributed by atoms with Gasteiger partial charge in [-0.15, -0.1) is 0 Å². The number of benzene rings is 1. The SMILES string of the molecule is Oc1ccc(C2NNC(=S)N2)cc1. The van der Waals surface area contributed by atoms with Crippen molar-refractivity contribution in [1.82, 2.24) is 16.2 Å². The molecule has 4 nitrogen and oxygen atoms in total. The quantitative estimate of drug-likeness (QED) is 0.488. The summed E-state index contributed by atoms with van der Waals surface area (Å²) in [6, 6.07) is 6.94. The summed E-state index contributed by atoms with van der Waals surface area (Å²) in [5.74, 6) is 0.261. The topological polar surface area (TPSA) is 56.3 Å². The fourth-order valence-corrected chi connectivity index (χ4v) is 1.35. The van der Waals surface area contributed by atoms with Crippen LogP contribution in [0.3, 0.4) is 0 Å². The number of hydrogen-bond donors (Lipinski definition) is 4. The highest BCUT2D eigenvalue weighted by Gasteiger charge is 2.17. The molecule has 4 N–H and O–H groups in total. The Morgan fingerprint density at radius 3 is 2.46 bits per heavy atom. The molecule has 1 aromatic carbocycles. The summed E-state index contributed by atoms with van der Waals surface area (Å²) < 4.78 is 0. The number of hydrazine groups is 1. The molecule has 0 amide bonds. The lowest BCUT2D eigenvalue weighted by molar-refractivity contribution is 0.474. The van der Waals surface area contributed by atoms with Gasteiger partial charge >= 0.3 is 0 Å². The van der Waals surface area contributed by atoms with E-state index in [4.69, 9.17) is 17.3 Å². The summed E-state index contributed by atoms with van der Waals surface area (Å²) in [4.78, 5) is 0. The minimum Gasteiger partial charge on any atom is -0.508 e. The molecule has 0 saturated carbocycles. The maximum atomic E-state index is 9.07. The fourth-order valence-electron chi connectivity index (χ4n) is 1.17. The molecular formula is C8H9N3OS. The van der Waals surface area contributed by atoms with Gasteiger partial charge in [0.2, 0.25) is 0 Å². The highest BCUT2D eigenvalue weighted by Crippen LogP contribution is 2.15. The van der Waals surface area contributed by atoms with Gasteiger partial charge < -0.3 is 10.4 Å². The van der Waals surface area contributed by atoms with Crippen molar-refractivity contribution in [1.29, 1.82) is 0 Å². The van der Waals surface area contributed by atoms with Crippen LogP contribution in [0.1, 0.15) is 11.7 Å². The average Bonchev–Trinajstić information content (AvgIpc) is 2.53. The van der Waals surface area contributed by atoms with Crippen LogP contribution in [-0.2, 0) is 0 Å². The third kappa shape index (κ3) is 1.71.